The zero-order valence-corrected chi connectivity index (χ0v) is 16.4. The van der Waals surface area contributed by atoms with Crippen LogP contribution in [-0.4, -0.2) is 20.1 Å². The first-order valence-corrected chi connectivity index (χ1v) is 10.7. The van der Waals surface area contributed by atoms with Gasteiger partial charge in [-0.05, 0) is 54.8 Å². The van der Waals surface area contributed by atoms with Crippen LogP contribution in [0.1, 0.15) is 31.7 Å². The fourth-order valence-electron chi connectivity index (χ4n) is 3.11. The molecule has 132 valence electrons. The number of nitrogens with one attached hydrogen (secondary N) is 1. The smallest absolute Gasteiger partial charge is 0.235 e. The van der Waals surface area contributed by atoms with Crippen LogP contribution in [0, 0.1) is 0 Å². The van der Waals surface area contributed by atoms with Crippen LogP contribution in [0.2, 0.25) is 0 Å². The normalized spacial score (nSPS) is 16.1. The van der Waals surface area contributed by atoms with E-state index in [4.69, 9.17) is 0 Å². The minimum absolute atomic E-state index is 0.0350. The van der Waals surface area contributed by atoms with Crippen molar-refractivity contribution >= 4 is 37.4 Å². The van der Waals surface area contributed by atoms with Crippen LogP contribution in [0.3, 0.4) is 0 Å². The van der Waals surface area contributed by atoms with E-state index in [0.29, 0.717) is 5.69 Å². The van der Waals surface area contributed by atoms with Crippen molar-refractivity contribution in [1.29, 1.82) is 0 Å². The van der Waals surface area contributed by atoms with E-state index in [0.717, 1.165) is 29.3 Å². The highest BCUT2D eigenvalue weighted by molar-refractivity contribution is 9.10. The summed E-state index contributed by atoms with van der Waals surface area (Å²) < 4.78 is 24.7. The first-order chi connectivity index (χ1) is 11.9. The minimum Gasteiger partial charge on any atom is -0.325 e. The van der Waals surface area contributed by atoms with Gasteiger partial charge >= 0.3 is 0 Å². The summed E-state index contributed by atoms with van der Waals surface area (Å²) in [4.78, 5) is 13.2. The quantitative estimate of drug-likeness (QED) is 0.782. The molecule has 0 aromatic heterocycles. The second-order valence-electron chi connectivity index (χ2n) is 6.32. The molecule has 0 radical (unpaired) electrons. The van der Waals surface area contributed by atoms with E-state index < -0.39 is 15.3 Å². The van der Waals surface area contributed by atoms with Crippen molar-refractivity contribution < 1.29 is 13.2 Å². The summed E-state index contributed by atoms with van der Waals surface area (Å²) in [6.07, 6.45) is 2.67. The van der Waals surface area contributed by atoms with Gasteiger partial charge in [-0.3, -0.25) is 4.79 Å². The van der Waals surface area contributed by atoms with E-state index in [1.54, 1.807) is 31.2 Å². The summed E-state index contributed by atoms with van der Waals surface area (Å²) in [6, 6.07) is 14.3. The van der Waals surface area contributed by atoms with Gasteiger partial charge in [0.2, 0.25) is 5.91 Å². The maximum absolute atomic E-state index is 12.9. The second-order valence-corrected chi connectivity index (χ2v) is 9.52. The van der Waals surface area contributed by atoms with Crippen molar-refractivity contribution in [1.82, 2.24) is 0 Å². The molecule has 2 aromatic carbocycles. The molecule has 1 aliphatic rings. The highest BCUT2D eigenvalue weighted by Gasteiger charge is 2.45. The average molecular weight is 422 g/mol. The van der Waals surface area contributed by atoms with Crippen LogP contribution in [0.4, 0.5) is 5.69 Å². The average Bonchev–Trinajstić information content (AvgIpc) is 2.56. The van der Waals surface area contributed by atoms with E-state index >= 15 is 0 Å². The lowest BCUT2D eigenvalue weighted by Crippen LogP contribution is -2.46. The maximum Gasteiger partial charge on any atom is 0.235 e. The van der Waals surface area contributed by atoms with Crippen molar-refractivity contribution in [3.63, 3.8) is 0 Å². The number of hydrogen-bond donors (Lipinski definition) is 1. The molecule has 25 heavy (non-hydrogen) atoms. The SMILES string of the molecule is CCS(=O)(=O)c1ccc(NC(=O)C2(c3ccc(Br)cc3)CCC2)cc1. The van der Waals surface area contributed by atoms with E-state index in [1.807, 2.05) is 24.3 Å². The van der Waals surface area contributed by atoms with Crippen molar-refractivity contribution in [2.75, 3.05) is 11.1 Å². The Labute approximate surface area is 156 Å². The zero-order valence-electron chi connectivity index (χ0n) is 14.0. The summed E-state index contributed by atoms with van der Waals surface area (Å²) in [5.74, 6) is 0.0259. The molecule has 0 saturated heterocycles. The Balaban J connectivity index is 1.80. The number of carbonyl (C=O) groups is 1. The van der Waals surface area contributed by atoms with Gasteiger partial charge in [-0.15, -0.1) is 0 Å². The monoisotopic (exact) mass is 421 g/mol. The number of halogens is 1. The third-order valence-electron chi connectivity index (χ3n) is 4.89. The molecule has 0 heterocycles. The van der Waals surface area contributed by atoms with Crippen LogP contribution in [-0.2, 0) is 20.0 Å². The highest BCUT2D eigenvalue weighted by Crippen LogP contribution is 2.44. The number of amides is 1. The predicted octanol–water partition coefficient (Wildman–Crippen LogP) is 4.30. The summed E-state index contributed by atoms with van der Waals surface area (Å²) in [5.41, 5.74) is 1.14. The van der Waals surface area contributed by atoms with Crippen molar-refractivity contribution in [3.8, 4) is 0 Å². The first kappa shape index (κ1) is 18.1. The van der Waals surface area contributed by atoms with Crippen molar-refractivity contribution in [2.45, 2.75) is 36.5 Å². The minimum atomic E-state index is -3.23. The molecule has 1 saturated carbocycles. The van der Waals surface area contributed by atoms with E-state index in [2.05, 4.69) is 21.2 Å². The number of sulfone groups is 1. The summed E-state index contributed by atoms with van der Waals surface area (Å²) in [7, 11) is -3.23. The fraction of sp³-hybridized carbons (Fsp3) is 0.316. The molecule has 2 aromatic rings. The third-order valence-corrected chi connectivity index (χ3v) is 7.17. The van der Waals surface area contributed by atoms with Gasteiger partial charge in [0, 0.05) is 10.2 Å². The molecule has 1 fully saturated rings. The highest BCUT2D eigenvalue weighted by atomic mass is 79.9. The predicted molar refractivity (Wildman–Crippen MR) is 102 cm³/mol. The number of benzene rings is 2. The lowest BCUT2D eigenvalue weighted by molar-refractivity contribution is -0.124. The Hall–Kier alpha value is -1.66. The molecule has 0 aliphatic heterocycles. The molecule has 0 unspecified atom stereocenters. The maximum atomic E-state index is 12.9. The topological polar surface area (TPSA) is 63.2 Å². The molecular formula is C19H20BrNO3S. The summed E-state index contributed by atoms with van der Waals surface area (Å²) in [6.45, 7) is 1.61. The van der Waals surface area contributed by atoms with Gasteiger partial charge in [0.25, 0.3) is 0 Å². The molecule has 1 amide bonds. The lowest BCUT2D eigenvalue weighted by Gasteiger charge is -2.40. The Morgan fingerprint density at radius 2 is 1.68 bits per heavy atom. The summed E-state index contributed by atoms with van der Waals surface area (Å²) in [5, 5.41) is 2.95. The zero-order chi connectivity index (χ0) is 18.1. The largest absolute Gasteiger partial charge is 0.325 e. The number of anilines is 1. The Bertz CT molecular complexity index is 870. The lowest BCUT2D eigenvalue weighted by atomic mass is 9.64. The molecule has 0 atom stereocenters. The number of carbonyl (C=O) groups excluding carboxylic acids is 1. The first-order valence-electron chi connectivity index (χ1n) is 8.28. The third kappa shape index (κ3) is 3.51. The molecular weight excluding hydrogens is 402 g/mol. The van der Waals surface area contributed by atoms with Gasteiger partial charge in [0.05, 0.1) is 16.1 Å². The van der Waals surface area contributed by atoms with Gasteiger partial charge in [0.1, 0.15) is 0 Å². The van der Waals surface area contributed by atoms with E-state index in [1.165, 1.54) is 0 Å². The molecule has 6 heteroatoms. The van der Waals surface area contributed by atoms with Crippen molar-refractivity contribution in [2.24, 2.45) is 0 Å². The molecule has 0 spiro atoms. The molecule has 4 nitrogen and oxygen atoms in total. The molecule has 3 rings (SSSR count). The van der Waals surface area contributed by atoms with Gasteiger partial charge < -0.3 is 5.32 Å². The second kappa shape index (κ2) is 6.92. The van der Waals surface area contributed by atoms with E-state index in [9.17, 15) is 13.2 Å². The number of rotatable bonds is 5. The van der Waals surface area contributed by atoms with Crippen LogP contribution in [0.25, 0.3) is 0 Å². The molecule has 1 N–H and O–H groups in total. The Morgan fingerprint density at radius 1 is 1.08 bits per heavy atom. The van der Waals surface area contributed by atoms with Crippen LogP contribution < -0.4 is 5.32 Å². The van der Waals surface area contributed by atoms with Gasteiger partial charge in [0.15, 0.2) is 9.84 Å². The standard InChI is InChI=1S/C19H20BrNO3S/c1-2-25(23,24)17-10-8-16(9-11-17)21-18(22)19(12-3-13-19)14-4-6-15(20)7-5-14/h4-11H,2-3,12-13H2,1H3,(H,21,22). The van der Waals surface area contributed by atoms with Gasteiger partial charge in [-0.1, -0.05) is 41.4 Å². The van der Waals surface area contributed by atoms with Gasteiger partial charge in [-0.25, -0.2) is 8.42 Å². The molecule has 1 aliphatic carbocycles. The Morgan fingerprint density at radius 3 is 2.16 bits per heavy atom. The number of hydrogen-bond acceptors (Lipinski definition) is 3. The Kier molecular flexibility index (Phi) is 5.02. The van der Waals surface area contributed by atoms with Gasteiger partial charge in [-0.2, -0.15) is 0 Å². The van der Waals surface area contributed by atoms with Crippen LogP contribution in [0.5, 0.6) is 0 Å². The van der Waals surface area contributed by atoms with Crippen LogP contribution >= 0.6 is 15.9 Å². The van der Waals surface area contributed by atoms with Crippen LogP contribution in [0.15, 0.2) is 57.9 Å². The van der Waals surface area contributed by atoms with Crippen molar-refractivity contribution in [3.05, 3.63) is 58.6 Å². The summed E-state index contributed by atoms with van der Waals surface area (Å²) >= 11 is 3.42. The fourth-order valence-corrected chi connectivity index (χ4v) is 4.26. The van der Waals surface area contributed by atoms with E-state index in [-0.39, 0.29) is 16.6 Å². The molecule has 0 bridgehead atoms.